The first-order valence-electron chi connectivity index (χ1n) is 4.50. The smallest absolute Gasteiger partial charge is 0.247 e. The van der Waals surface area contributed by atoms with Crippen molar-refractivity contribution >= 4 is 25.6 Å². The van der Waals surface area contributed by atoms with Crippen molar-refractivity contribution in [2.45, 2.75) is 0 Å². The highest BCUT2D eigenvalue weighted by Crippen LogP contribution is 2.16. The minimum absolute atomic E-state index is 0.758. The highest BCUT2D eigenvalue weighted by molar-refractivity contribution is 7.42. The van der Waals surface area contributed by atoms with E-state index in [-0.39, 0.29) is 0 Å². The number of carbonyl (C=O) groups is 1. The van der Waals surface area contributed by atoms with Crippen LogP contribution >= 0.6 is 8.53 Å². The number of aldehydes is 1. The largest absolute Gasteiger partial charge is 0.338 e. The van der Waals surface area contributed by atoms with E-state index in [0.717, 1.165) is 22.6 Å². The topological polar surface area (TPSA) is 83.6 Å². The lowest BCUT2D eigenvalue weighted by molar-refractivity contribution is 0.112. The Morgan fingerprint density at radius 2 is 1.62 bits per heavy atom. The molecule has 4 nitrogen and oxygen atoms in total. The molecule has 0 bridgehead atoms. The fourth-order valence-electron chi connectivity index (χ4n) is 1.35. The molecule has 16 heavy (non-hydrogen) atoms. The molecule has 2 aromatic carbocycles. The summed E-state index contributed by atoms with van der Waals surface area (Å²) in [5, 5.41) is 2.14. The second-order valence-corrected chi connectivity index (χ2v) is 3.65. The van der Waals surface area contributed by atoms with E-state index in [0.29, 0.717) is 0 Å². The van der Waals surface area contributed by atoms with Crippen molar-refractivity contribution in [1.82, 2.24) is 0 Å². The summed E-state index contributed by atoms with van der Waals surface area (Å²) >= 11 is 0. The predicted molar refractivity (Wildman–Crippen MR) is 64.9 cm³/mol. The molecule has 0 spiro atoms. The Kier molecular flexibility index (Phi) is 5.02. The van der Waals surface area contributed by atoms with Gasteiger partial charge in [-0.25, -0.2) is 0 Å². The molecule has 0 heterocycles. The zero-order valence-corrected chi connectivity index (χ0v) is 9.34. The Morgan fingerprint density at radius 1 is 1.06 bits per heavy atom. The van der Waals surface area contributed by atoms with Gasteiger partial charge in [0, 0.05) is 5.56 Å². The van der Waals surface area contributed by atoms with Crippen molar-refractivity contribution in [2.75, 3.05) is 0 Å². The summed E-state index contributed by atoms with van der Waals surface area (Å²) in [5.41, 5.74) is 5.04. The quantitative estimate of drug-likeness (QED) is 0.521. The SMILES string of the molecule is NP(O)O.O=Cc1cccc2ccccc12. The van der Waals surface area contributed by atoms with Crippen LogP contribution in [-0.2, 0) is 0 Å². The molecular weight excluding hydrogens is 225 g/mol. The van der Waals surface area contributed by atoms with Crippen LogP contribution in [-0.4, -0.2) is 16.1 Å². The van der Waals surface area contributed by atoms with E-state index < -0.39 is 8.53 Å². The van der Waals surface area contributed by atoms with Crippen LogP contribution in [0.2, 0.25) is 0 Å². The van der Waals surface area contributed by atoms with Crippen molar-refractivity contribution in [3.63, 3.8) is 0 Å². The number of benzene rings is 2. The monoisotopic (exact) mass is 237 g/mol. The first-order chi connectivity index (χ1) is 7.65. The van der Waals surface area contributed by atoms with Crippen LogP contribution in [0.25, 0.3) is 10.8 Å². The molecular formula is C11H12NO3P. The van der Waals surface area contributed by atoms with Crippen LogP contribution in [0.4, 0.5) is 0 Å². The molecule has 84 valence electrons. The molecule has 2 aromatic rings. The van der Waals surface area contributed by atoms with E-state index in [4.69, 9.17) is 9.79 Å². The average molecular weight is 237 g/mol. The fraction of sp³-hybridized carbons (Fsp3) is 0. The molecule has 0 aromatic heterocycles. The minimum Gasteiger partial charge on any atom is -0.338 e. The highest BCUT2D eigenvalue weighted by Gasteiger charge is 1.96. The van der Waals surface area contributed by atoms with Crippen LogP contribution < -0.4 is 5.50 Å². The molecule has 0 amide bonds. The van der Waals surface area contributed by atoms with Gasteiger partial charge in [-0.05, 0) is 10.8 Å². The van der Waals surface area contributed by atoms with Crippen LogP contribution in [0.1, 0.15) is 10.4 Å². The molecule has 2 rings (SSSR count). The summed E-state index contributed by atoms with van der Waals surface area (Å²) in [6.45, 7) is 0. The molecule has 5 heteroatoms. The van der Waals surface area contributed by atoms with Crippen LogP contribution in [0.5, 0.6) is 0 Å². The molecule has 0 fully saturated rings. The van der Waals surface area contributed by atoms with Gasteiger partial charge in [0.15, 0.2) is 6.29 Å². The second kappa shape index (κ2) is 6.30. The molecule has 0 aliphatic carbocycles. The summed E-state index contributed by atoms with van der Waals surface area (Å²) in [5.74, 6) is 0. The zero-order chi connectivity index (χ0) is 12.0. The van der Waals surface area contributed by atoms with Gasteiger partial charge in [0.05, 0.1) is 0 Å². The maximum atomic E-state index is 10.6. The number of hydrogen-bond donors (Lipinski definition) is 3. The lowest BCUT2D eigenvalue weighted by Gasteiger charge is -1.98. The van der Waals surface area contributed by atoms with E-state index in [1.165, 1.54) is 0 Å². The zero-order valence-electron chi connectivity index (χ0n) is 8.45. The van der Waals surface area contributed by atoms with Gasteiger partial charge >= 0.3 is 0 Å². The van der Waals surface area contributed by atoms with E-state index in [1.54, 1.807) is 0 Å². The minimum atomic E-state index is -2.12. The van der Waals surface area contributed by atoms with Crippen LogP contribution in [0, 0.1) is 0 Å². The van der Waals surface area contributed by atoms with Gasteiger partial charge < -0.3 is 9.79 Å². The molecule has 0 unspecified atom stereocenters. The predicted octanol–water partition coefficient (Wildman–Crippen LogP) is 1.81. The Morgan fingerprint density at radius 3 is 2.25 bits per heavy atom. The second-order valence-electron chi connectivity index (χ2n) is 3.01. The molecule has 0 aliphatic rings. The molecule has 0 aliphatic heterocycles. The van der Waals surface area contributed by atoms with Gasteiger partial charge in [0.2, 0.25) is 8.53 Å². The van der Waals surface area contributed by atoms with E-state index in [9.17, 15) is 4.79 Å². The van der Waals surface area contributed by atoms with Crippen molar-refractivity contribution in [2.24, 2.45) is 5.50 Å². The average Bonchev–Trinajstić information content (AvgIpc) is 2.27. The van der Waals surface area contributed by atoms with Gasteiger partial charge in [0.25, 0.3) is 0 Å². The first kappa shape index (κ1) is 12.7. The summed E-state index contributed by atoms with van der Waals surface area (Å²) in [4.78, 5) is 25.5. The third-order valence-corrected chi connectivity index (χ3v) is 1.95. The third kappa shape index (κ3) is 3.68. The lowest BCUT2D eigenvalue weighted by atomic mass is 10.1. The van der Waals surface area contributed by atoms with Crippen LogP contribution in [0.3, 0.4) is 0 Å². The summed E-state index contributed by atoms with van der Waals surface area (Å²) in [6.07, 6.45) is 0.891. The van der Waals surface area contributed by atoms with Gasteiger partial charge in [-0.3, -0.25) is 10.3 Å². The number of rotatable bonds is 1. The normalized spacial score (nSPS) is 9.75. The van der Waals surface area contributed by atoms with Crippen molar-refractivity contribution < 1.29 is 14.6 Å². The van der Waals surface area contributed by atoms with Crippen molar-refractivity contribution in [3.05, 3.63) is 48.0 Å². The first-order valence-corrected chi connectivity index (χ1v) is 5.82. The van der Waals surface area contributed by atoms with Gasteiger partial charge in [-0.2, -0.15) is 0 Å². The third-order valence-electron chi connectivity index (χ3n) is 1.95. The van der Waals surface area contributed by atoms with Gasteiger partial charge in [-0.15, -0.1) is 0 Å². The van der Waals surface area contributed by atoms with Crippen LogP contribution in [0.15, 0.2) is 42.5 Å². The molecule has 0 saturated heterocycles. The molecule has 0 radical (unpaired) electrons. The van der Waals surface area contributed by atoms with Gasteiger partial charge in [-0.1, -0.05) is 42.5 Å². The lowest BCUT2D eigenvalue weighted by Crippen LogP contribution is -1.81. The summed E-state index contributed by atoms with van der Waals surface area (Å²) < 4.78 is 0. The maximum absolute atomic E-state index is 10.6. The van der Waals surface area contributed by atoms with Crippen molar-refractivity contribution in [3.8, 4) is 0 Å². The van der Waals surface area contributed by atoms with Gasteiger partial charge in [0.1, 0.15) is 0 Å². The highest BCUT2D eigenvalue weighted by atomic mass is 31.2. The number of carbonyl (C=O) groups excluding carboxylic acids is 1. The Labute approximate surface area is 94.3 Å². The number of nitrogens with two attached hydrogens (primary N) is 1. The summed E-state index contributed by atoms with van der Waals surface area (Å²) in [7, 11) is -2.12. The summed E-state index contributed by atoms with van der Waals surface area (Å²) in [6, 6.07) is 13.6. The maximum Gasteiger partial charge on any atom is 0.247 e. The Hall–Kier alpha value is -1.32. The van der Waals surface area contributed by atoms with E-state index in [2.05, 4.69) is 5.50 Å². The fourth-order valence-corrected chi connectivity index (χ4v) is 1.35. The Balaban J connectivity index is 0.000000280. The standard InChI is InChI=1S/C11H8O.H4NO2P/c12-8-10-6-3-5-9-4-1-2-7-11(9)10;1-4(2)3/h1-8H;2-3H,1H2. The molecule has 0 atom stereocenters. The van der Waals surface area contributed by atoms with E-state index in [1.807, 2.05) is 42.5 Å². The molecule has 4 N–H and O–H groups in total. The molecule has 0 saturated carbocycles. The number of hydrogen-bond acceptors (Lipinski definition) is 4. The van der Waals surface area contributed by atoms with E-state index >= 15 is 0 Å². The van der Waals surface area contributed by atoms with Crippen molar-refractivity contribution in [1.29, 1.82) is 0 Å². The Bertz CT molecular complexity index is 465. The number of fused-ring (bicyclic) bond motifs is 1.